The fourth-order valence-corrected chi connectivity index (χ4v) is 10.1. The van der Waals surface area contributed by atoms with E-state index in [0.29, 0.717) is 0 Å². The minimum atomic E-state index is 0.905. The van der Waals surface area contributed by atoms with E-state index in [1.807, 2.05) is 24.3 Å². The Morgan fingerprint density at radius 1 is 0.183 bits per heavy atom. The van der Waals surface area contributed by atoms with Crippen molar-refractivity contribution in [1.82, 2.24) is 0 Å². The number of para-hydroxylation sites is 2. The maximum absolute atomic E-state index is 6.38. The fourth-order valence-electron chi connectivity index (χ4n) is 10.1. The minimum absolute atomic E-state index is 0.905. The second-order valence-electron chi connectivity index (χ2n) is 15.9. The molecule has 0 N–H and O–H groups in total. The number of rotatable bonds is 4. The van der Waals surface area contributed by atoms with Gasteiger partial charge in [0.05, 0.1) is 0 Å². The molecule has 0 amide bonds. The van der Waals surface area contributed by atoms with E-state index in [9.17, 15) is 0 Å². The quantitative estimate of drug-likeness (QED) is 0.167. The van der Waals surface area contributed by atoms with Crippen LogP contribution in [0.15, 0.2) is 215 Å². The molecule has 2 heteroatoms. The van der Waals surface area contributed by atoms with Crippen LogP contribution < -0.4 is 0 Å². The molecule has 0 spiro atoms. The first-order chi connectivity index (χ1) is 29.8. The molecule has 2 nitrogen and oxygen atoms in total. The van der Waals surface area contributed by atoms with Gasteiger partial charge in [-0.3, -0.25) is 0 Å². The molecule has 0 atom stereocenters. The van der Waals surface area contributed by atoms with Crippen LogP contribution in [0.2, 0.25) is 0 Å². The van der Waals surface area contributed by atoms with Crippen LogP contribution in [-0.2, 0) is 0 Å². The Kier molecular flexibility index (Phi) is 7.05. The molecule has 0 radical (unpaired) electrons. The van der Waals surface area contributed by atoms with Gasteiger partial charge in [0.1, 0.15) is 22.3 Å². The van der Waals surface area contributed by atoms with Crippen molar-refractivity contribution in [2.45, 2.75) is 0 Å². The largest absolute Gasteiger partial charge is 0.456 e. The first-order valence-corrected chi connectivity index (χ1v) is 20.6. The zero-order chi connectivity index (χ0) is 39.3. The van der Waals surface area contributed by atoms with Crippen LogP contribution in [0.3, 0.4) is 0 Å². The van der Waals surface area contributed by atoms with Crippen LogP contribution >= 0.6 is 0 Å². The zero-order valence-corrected chi connectivity index (χ0v) is 32.4. The van der Waals surface area contributed by atoms with Crippen molar-refractivity contribution in [1.29, 1.82) is 0 Å². The second kappa shape index (κ2) is 12.8. The van der Waals surface area contributed by atoms with E-state index in [2.05, 4.69) is 182 Å². The first-order valence-electron chi connectivity index (χ1n) is 20.6. The van der Waals surface area contributed by atoms with E-state index in [0.717, 1.165) is 55.0 Å². The van der Waals surface area contributed by atoms with Gasteiger partial charge in [-0.15, -0.1) is 0 Å². The summed E-state index contributed by atoms with van der Waals surface area (Å²) in [7, 11) is 0. The summed E-state index contributed by atoms with van der Waals surface area (Å²) < 4.78 is 12.8. The molecule has 0 fully saturated rings. The van der Waals surface area contributed by atoms with Crippen LogP contribution in [0.5, 0.6) is 0 Å². The van der Waals surface area contributed by atoms with E-state index < -0.39 is 0 Å². The number of hydrogen-bond donors (Lipinski definition) is 0. The topological polar surface area (TPSA) is 26.3 Å². The number of furan rings is 2. The summed E-state index contributed by atoms with van der Waals surface area (Å²) in [5, 5.41) is 14.4. The standard InChI is InChI=1S/C58H34O2/c1-5-19-47-43(15-1)55(44-16-2-6-20-48(44)57(47)37-29-31-41-39-13-9-11-23-51(39)59-53(41)33-37)35-25-27-36(28-26-35)56-45-17-3-7-21-49(45)58(50-22-8-4-18-46(50)56)38-30-32-42-40-14-10-12-24-52(40)60-54(42)34-38/h1-34H. The summed E-state index contributed by atoms with van der Waals surface area (Å²) in [5.74, 6) is 0. The van der Waals surface area contributed by atoms with Crippen molar-refractivity contribution in [3.05, 3.63) is 206 Å². The summed E-state index contributed by atoms with van der Waals surface area (Å²) in [5.41, 5.74) is 13.2. The number of benzene rings is 11. The van der Waals surface area contributed by atoms with Crippen molar-refractivity contribution < 1.29 is 8.83 Å². The third kappa shape index (κ3) is 4.82. The highest BCUT2D eigenvalue weighted by molar-refractivity contribution is 6.24. The number of hydrogen-bond acceptors (Lipinski definition) is 2. The van der Waals surface area contributed by atoms with Crippen LogP contribution in [-0.4, -0.2) is 0 Å². The molecule has 0 saturated heterocycles. The summed E-state index contributed by atoms with van der Waals surface area (Å²) in [6, 6.07) is 74.6. The van der Waals surface area contributed by atoms with Gasteiger partial charge in [-0.1, -0.05) is 170 Å². The molecule has 0 saturated carbocycles. The fraction of sp³-hybridized carbons (Fsp3) is 0. The number of fused-ring (bicyclic) bond motifs is 10. The lowest BCUT2D eigenvalue weighted by Crippen LogP contribution is -1.92. The summed E-state index contributed by atoms with van der Waals surface area (Å²) >= 11 is 0. The van der Waals surface area contributed by atoms with Crippen LogP contribution in [0.1, 0.15) is 0 Å². The third-order valence-electron chi connectivity index (χ3n) is 12.7. The van der Waals surface area contributed by atoms with Gasteiger partial charge in [0.2, 0.25) is 0 Å². The smallest absolute Gasteiger partial charge is 0.136 e. The van der Waals surface area contributed by atoms with Crippen molar-refractivity contribution in [2.75, 3.05) is 0 Å². The second-order valence-corrected chi connectivity index (χ2v) is 15.9. The van der Waals surface area contributed by atoms with E-state index in [1.54, 1.807) is 0 Å². The van der Waals surface area contributed by atoms with Crippen molar-refractivity contribution in [2.24, 2.45) is 0 Å². The molecule has 278 valence electrons. The molecular formula is C58H34O2. The molecule has 11 aromatic carbocycles. The molecule has 2 aromatic heterocycles. The summed E-state index contributed by atoms with van der Waals surface area (Å²) in [6.07, 6.45) is 0. The van der Waals surface area contributed by atoms with E-state index in [-0.39, 0.29) is 0 Å². The van der Waals surface area contributed by atoms with E-state index in [4.69, 9.17) is 8.83 Å². The molecule has 0 bridgehead atoms. The van der Waals surface area contributed by atoms with Crippen LogP contribution in [0.4, 0.5) is 0 Å². The van der Waals surface area contributed by atoms with Crippen LogP contribution in [0.25, 0.3) is 131 Å². The average molecular weight is 763 g/mol. The van der Waals surface area contributed by atoms with Gasteiger partial charge in [-0.05, 0) is 124 Å². The predicted molar refractivity (Wildman–Crippen MR) is 253 cm³/mol. The molecule has 0 aliphatic rings. The van der Waals surface area contributed by atoms with Gasteiger partial charge in [0, 0.05) is 21.5 Å². The molecule has 0 aliphatic carbocycles. The minimum Gasteiger partial charge on any atom is -0.456 e. The maximum atomic E-state index is 6.38. The average Bonchev–Trinajstić information content (AvgIpc) is 3.87. The normalized spacial score (nSPS) is 12.0. The highest BCUT2D eigenvalue weighted by Gasteiger charge is 2.20. The van der Waals surface area contributed by atoms with Crippen molar-refractivity contribution >= 4 is 87.0 Å². The Morgan fingerprint density at radius 3 is 0.733 bits per heavy atom. The van der Waals surface area contributed by atoms with Crippen molar-refractivity contribution in [3.8, 4) is 44.5 Å². The van der Waals surface area contributed by atoms with Gasteiger partial charge in [0.25, 0.3) is 0 Å². The Balaban J connectivity index is 0.985. The highest BCUT2D eigenvalue weighted by Crippen LogP contribution is 2.47. The molecule has 60 heavy (non-hydrogen) atoms. The van der Waals surface area contributed by atoms with Gasteiger partial charge >= 0.3 is 0 Å². The maximum Gasteiger partial charge on any atom is 0.136 e. The SMILES string of the molecule is c1ccc2c(c1)oc1cc(-c3c4ccccc4c(-c4ccc(-c5c6ccccc6c(-c6ccc7c(c6)oc6ccccc67)c6ccccc56)cc4)c4ccccc34)ccc12. The molecular weight excluding hydrogens is 729 g/mol. The van der Waals surface area contributed by atoms with E-state index >= 15 is 0 Å². The molecule has 13 rings (SSSR count). The Bertz CT molecular complexity index is 3510. The first kappa shape index (κ1) is 33.1. The van der Waals surface area contributed by atoms with Gasteiger partial charge in [-0.25, -0.2) is 0 Å². The lowest BCUT2D eigenvalue weighted by molar-refractivity contribution is 0.668. The monoisotopic (exact) mass is 762 g/mol. The van der Waals surface area contributed by atoms with E-state index in [1.165, 1.54) is 76.5 Å². The van der Waals surface area contributed by atoms with Crippen LogP contribution in [0, 0.1) is 0 Å². The third-order valence-corrected chi connectivity index (χ3v) is 12.7. The Hall–Kier alpha value is -7.94. The Labute approximate surface area is 345 Å². The lowest BCUT2D eigenvalue weighted by atomic mass is 9.84. The van der Waals surface area contributed by atoms with Gasteiger partial charge in [0.15, 0.2) is 0 Å². The van der Waals surface area contributed by atoms with Gasteiger partial charge in [-0.2, -0.15) is 0 Å². The lowest BCUT2D eigenvalue weighted by Gasteiger charge is -2.19. The summed E-state index contributed by atoms with van der Waals surface area (Å²) in [4.78, 5) is 0. The molecule has 0 unspecified atom stereocenters. The Morgan fingerprint density at radius 2 is 0.417 bits per heavy atom. The molecule has 13 aromatic rings. The molecule has 0 aliphatic heterocycles. The van der Waals surface area contributed by atoms with Gasteiger partial charge < -0.3 is 8.83 Å². The van der Waals surface area contributed by atoms with Crippen molar-refractivity contribution in [3.63, 3.8) is 0 Å². The zero-order valence-electron chi connectivity index (χ0n) is 32.4. The molecule has 2 heterocycles. The summed E-state index contributed by atoms with van der Waals surface area (Å²) in [6.45, 7) is 0. The predicted octanol–water partition coefficient (Wildman–Crippen LogP) is 16.8. The highest BCUT2D eigenvalue weighted by atomic mass is 16.3.